The van der Waals surface area contributed by atoms with Crippen LogP contribution in [0.15, 0.2) is 36.7 Å². The number of Topliss-reactive ketones (excluding diaryl/α,β-unsaturated/α-hetero) is 1. The third kappa shape index (κ3) is 3.62. The molecule has 0 saturated carbocycles. The lowest BCUT2D eigenvalue weighted by Gasteiger charge is -2.10. The van der Waals surface area contributed by atoms with Gasteiger partial charge in [-0.25, -0.2) is 0 Å². The quantitative estimate of drug-likeness (QED) is 0.479. The molecular formula is C15H14N2O4. The molecule has 1 heterocycles. The Morgan fingerprint density at radius 3 is 2.71 bits per heavy atom. The highest BCUT2D eigenvalue weighted by Gasteiger charge is 2.15. The van der Waals surface area contributed by atoms with Gasteiger partial charge in [0.2, 0.25) is 0 Å². The molecule has 0 aliphatic carbocycles. The number of non-ortho nitro benzene ring substituents is 1. The van der Waals surface area contributed by atoms with E-state index in [4.69, 9.17) is 4.74 Å². The molecule has 108 valence electrons. The van der Waals surface area contributed by atoms with E-state index in [0.29, 0.717) is 5.75 Å². The van der Waals surface area contributed by atoms with Crippen LogP contribution in [0.4, 0.5) is 5.69 Å². The van der Waals surface area contributed by atoms with Crippen LogP contribution in [0.25, 0.3) is 0 Å². The molecule has 0 bridgehead atoms. The second kappa shape index (κ2) is 6.13. The summed E-state index contributed by atoms with van der Waals surface area (Å²) in [5.74, 6) is 0.0469. The van der Waals surface area contributed by atoms with Crippen LogP contribution in [0.5, 0.6) is 5.75 Å². The number of ether oxygens (including phenoxy) is 1. The molecule has 0 aliphatic rings. The summed E-state index contributed by atoms with van der Waals surface area (Å²) >= 11 is 0. The highest BCUT2D eigenvalue weighted by molar-refractivity contribution is 5.97. The largest absolute Gasteiger partial charge is 0.488 e. The van der Waals surface area contributed by atoms with Gasteiger partial charge in [-0.2, -0.15) is 0 Å². The number of nitro groups is 1. The van der Waals surface area contributed by atoms with Gasteiger partial charge in [0.15, 0.2) is 5.78 Å². The number of ketones is 1. The van der Waals surface area contributed by atoms with Crippen molar-refractivity contribution in [3.63, 3.8) is 0 Å². The zero-order valence-corrected chi connectivity index (χ0v) is 11.7. The minimum Gasteiger partial charge on any atom is -0.488 e. The summed E-state index contributed by atoms with van der Waals surface area (Å²) in [6.45, 7) is 3.51. The van der Waals surface area contributed by atoms with Crippen molar-refractivity contribution in [2.75, 3.05) is 0 Å². The molecule has 2 aromatic rings. The maximum absolute atomic E-state index is 11.6. The second-order valence-electron chi connectivity index (χ2n) is 4.65. The first-order chi connectivity index (χ1) is 9.97. The van der Waals surface area contributed by atoms with Crippen molar-refractivity contribution in [3.05, 3.63) is 63.5 Å². The molecule has 0 spiro atoms. The number of pyridine rings is 1. The molecule has 0 aliphatic heterocycles. The van der Waals surface area contributed by atoms with Gasteiger partial charge in [0.1, 0.15) is 12.4 Å². The Hall–Kier alpha value is -2.76. The van der Waals surface area contributed by atoms with E-state index >= 15 is 0 Å². The minimum atomic E-state index is -0.541. The molecule has 0 saturated heterocycles. The first-order valence-corrected chi connectivity index (χ1v) is 6.30. The molecule has 6 nitrogen and oxygen atoms in total. The fraction of sp³-hybridized carbons (Fsp3) is 0.200. The SMILES string of the molecule is CC(=O)c1cc([N+](=O)[O-])ccc1OCc1cncc(C)c1. The van der Waals surface area contributed by atoms with Gasteiger partial charge in [0.05, 0.1) is 10.5 Å². The molecule has 0 unspecified atom stereocenters. The van der Waals surface area contributed by atoms with Crippen LogP contribution in [0.2, 0.25) is 0 Å². The van der Waals surface area contributed by atoms with Crippen molar-refractivity contribution in [3.8, 4) is 5.75 Å². The van der Waals surface area contributed by atoms with Crippen molar-refractivity contribution < 1.29 is 14.5 Å². The fourth-order valence-corrected chi connectivity index (χ4v) is 1.89. The Morgan fingerprint density at radius 1 is 1.33 bits per heavy atom. The van der Waals surface area contributed by atoms with Crippen LogP contribution in [-0.4, -0.2) is 15.7 Å². The standard InChI is InChI=1S/C15H14N2O4/c1-10-5-12(8-16-7-10)9-21-15-4-3-13(17(19)20)6-14(15)11(2)18/h3-8H,9H2,1-2H3. The van der Waals surface area contributed by atoms with Crippen LogP contribution >= 0.6 is 0 Å². The molecule has 6 heteroatoms. The predicted molar refractivity (Wildman–Crippen MR) is 76.4 cm³/mol. The van der Waals surface area contributed by atoms with Crippen molar-refractivity contribution in [2.24, 2.45) is 0 Å². The van der Waals surface area contributed by atoms with Gasteiger partial charge in [-0.1, -0.05) is 0 Å². The van der Waals surface area contributed by atoms with E-state index in [1.54, 1.807) is 12.4 Å². The topological polar surface area (TPSA) is 82.3 Å². The Balaban J connectivity index is 2.23. The molecule has 0 N–H and O–H groups in total. The summed E-state index contributed by atoms with van der Waals surface area (Å²) in [6, 6.07) is 5.91. The van der Waals surface area contributed by atoms with Crippen molar-refractivity contribution >= 4 is 11.5 Å². The number of aryl methyl sites for hydroxylation is 1. The summed E-state index contributed by atoms with van der Waals surface area (Å²) in [4.78, 5) is 25.9. The second-order valence-corrected chi connectivity index (χ2v) is 4.65. The van der Waals surface area contributed by atoms with Gasteiger partial charge in [0.25, 0.3) is 5.69 Å². The monoisotopic (exact) mass is 286 g/mol. The van der Waals surface area contributed by atoms with Gasteiger partial charge < -0.3 is 4.74 Å². The number of carbonyl (C=O) groups excluding carboxylic acids is 1. The van der Waals surface area contributed by atoms with Gasteiger partial charge in [0, 0.05) is 30.1 Å². The average molecular weight is 286 g/mol. The Kier molecular flexibility index (Phi) is 4.27. The number of nitro benzene ring substituents is 1. The molecule has 0 radical (unpaired) electrons. The number of hydrogen-bond acceptors (Lipinski definition) is 5. The van der Waals surface area contributed by atoms with E-state index in [9.17, 15) is 14.9 Å². The first kappa shape index (κ1) is 14.6. The summed E-state index contributed by atoms with van der Waals surface area (Å²) in [7, 11) is 0. The van der Waals surface area contributed by atoms with Crippen LogP contribution in [0.3, 0.4) is 0 Å². The Morgan fingerprint density at radius 2 is 2.10 bits per heavy atom. The van der Waals surface area contributed by atoms with E-state index in [-0.39, 0.29) is 23.6 Å². The van der Waals surface area contributed by atoms with Crippen LogP contribution in [0.1, 0.15) is 28.4 Å². The molecular weight excluding hydrogens is 272 g/mol. The Labute approximate surface area is 121 Å². The van der Waals surface area contributed by atoms with Gasteiger partial charge in [-0.05, 0) is 31.5 Å². The van der Waals surface area contributed by atoms with E-state index in [2.05, 4.69) is 4.98 Å². The lowest BCUT2D eigenvalue weighted by atomic mass is 10.1. The molecule has 21 heavy (non-hydrogen) atoms. The predicted octanol–water partition coefficient (Wildman–Crippen LogP) is 3.08. The maximum atomic E-state index is 11.6. The number of hydrogen-bond donors (Lipinski definition) is 0. The zero-order valence-electron chi connectivity index (χ0n) is 11.7. The molecule has 1 aromatic heterocycles. The van der Waals surface area contributed by atoms with Gasteiger partial charge >= 0.3 is 0 Å². The average Bonchev–Trinajstić information content (AvgIpc) is 2.44. The van der Waals surface area contributed by atoms with E-state index in [1.165, 1.54) is 25.1 Å². The van der Waals surface area contributed by atoms with Gasteiger partial charge in [-0.15, -0.1) is 0 Å². The Bertz CT molecular complexity index is 698. The maximum Gasteiger partial charge on any atom is 0.270 e. The molecule has 0 amide bonds. The number of nitrogens with zero attached hydrogens (tertiary/aromatic N) is 2. The van der Waals surface area contributed by atoms with Gasteiger partial charge in [-0.3, -0.25) is 19.9 Å². The molecule has 0 atom stereocenters. The fourth-order valence-electron chi connectivity index (χ4n) is 1.89. The molecule has 0 fully saturated rings. The van der Waals surface area contributed by atoms with E-state index in [1.807, 2.05) is 13.0 Å². The normalized spacial score (nSPS) is 10.2. The third-order valence-electron chi connectivity index (χ3n) is 2.88. The van der Waals surface area contributed by atoms with Crippen molar-refractivity contribution in [1.82, 2.24) is 4.98 Å². The lowest BCUT2D eigenvalue weighted by Crippen LogP contribution is -2.03. The molecule has 1 aromatic carbocycles. The number of aromatic nitrogens is 1. The lowest BCUT2D eigenvalue weighted by molar-refractivity contribution is -0.384. The minimum absolute atomic E-state index is 0.134. The first-order valence-electron chi connectivity index (χ1n) is 6.30. The number of benzene rings is 1. The van der Waals surface area contributed by atoms with Crippen LogP contribution < -0.4 is 4.74 Å². The smallest absolute Gasteiger partial charge is 0.270 e. The summed E-state index contributed by atoms with van der Waals surface area (Å²) < 4.78 is 5.59. The molecule has 2 rings (SSSR count). The van der Waals surface area contributed by atoms with Crippen LogP contribution in [0, 0.1) is 17.0 Å². The summed E-state index contributed by atoms with van der Waals surface area (Å²) in [6.07, 6.45) is 3.40. The summed E-state index contributed by atoms with van der Waals surface area (Å²) in [5.41, 5.74) is 1.93. The highest BCUT2D eigenvalue weighted by Crippen LogP contribution is 2.25. The highest BCUT2D eigenvalue weighted by atomic mass is 16.6. The van der Waals surface area contributed by atoms with Crippen molar-refractivity contribution in [2.45, 2.75) is 20.5 Å². The number of carbonyl (C=O) groups is 1. The van der Waals surface area contributed by atoms with Crippen LogP contribution in [-0.2, 0) is 6.61 Å². The van der Waals surface area contributed by atoms with E-state index in [0.717, 1.165) is 11.1 Å². The third-order valence-corrected chi connectivity index (χ3v) is 2.88. The number of rotatable bonds is 5. The zero-order chi connectivity index (χ0) is 15.4. The van der Waals surface area contributed by atoms with E-state index < -0.39 is 4.92 Å². The van der Waals surface area contributed by atoms with Crippen molar-refractivity contribution in [1.29, 1.82) is 0 Å². The summed E-state index contributed by atoms with van der Waals surface area (Å²) in [5, 5.41) is 10.7.